The lowest BCUT2D eigenvalue weighted by Crippen LogP contribution is -2.52. The summed E-state index contributed by atoms with van der Waals surface area (Å²) in [5, 5.41) is 15.2. The van der Waals surface area contributed by atoms with Crippen LogP contribution in [0.4, 0.5) is 14.5 Å². The molecule has 1 aliphatic heterocycles. The molecule has 6 nitrogen and oxygen atoms in total. The number of amides is 1. The monoisotopic (exact) mass is 591 g/mol. The second-order valence-electron chi connectivity index (χ2n) is 11.2. The summed E-state index contributed by atoms with van der Waals surface area (Å²) in [6, 6.07) is 13.6. The van der Waals surface area contributed by atoms with Gasteiger partial charge in [0, 0.05) is 28.2 Å². The number of nitrogens with two attached hydrogens (primary N) is 1. The van der Waals surface area contributed by atoms with Crippen molar-refractivity contribution in [1.82, 2.24) is 5.32 Å². The van der Waals surface area contributed by atoms with Crippen LogP contribution in [0.3, 0.4) is 0 Å². The minimum Gasteiger partial charge on any atom is -0.491 e. The highest BCUT2D eigenvalue weighted by molar-refractivity contribution is 6.31. The smallest absolute Gasteiger partial charge is 0.242 e. The molecule has 1 fully saturated rings. The first kappa shape index (κ1) is 30.2. The average molecular weight is 593 g/mol. The van der Waals surface area contributed by atoms with Gasteiger partial charge in [0.15, 0.2) is 0 Å². The van der Waals surface area contributed by atoms with Gasteiger partial charge in [-0.2, -0.15) is 0 Å². The van der Waals surface area contributed by atoms with E-state index in [2.05, 4.69) is 10.6 Å². The van der Waals surface area contributed by atoms with Crippen molar-refractivity contribution in [2.75, 3.05) is 18.5 Å². The van der Waals surface area contributed by atoms with Crippen LogP contribution < -0.4 is 21.1 Å². The van der Waals surface area contributed by atoms with Crippen LogP contribution >= 0.6 is 23.2 Å². The van der Waals surface area contributed by atoms with Gasteiger partial charge in [0.2, 0.25) is 5.91 Å². The summed E-state index contributed by atoms with van der Waals surface area (Å²) in [7, 11) is 0. The molecule has 5 N–H and O–H groups in total. The van der Waals surface area contributed by atoms with Gasteiger partial charge in [0.1, 0.15) is 24.0 Å². The molecule has 0 radical (unpaired) electrons. The second kappa shape index (κ2) is 12.0. The van der Waals surface area contributed by atoms with Crippen LogP contribution in [0.2, 0.25) is 10.0 Å². The van der Waals surface area contributed by atoms with Gasteiger partial charge in [-0.1, -0.05) is 62.2 Å². The number of aliphatic hydroxyl groups excluding tert-OH is 1. The van der Waals surface area contributed by atoms with Crippen LogP contribution in [0.15, 0.2) is 60.7 Å². The van der Waals surface area contributed by atoms with Crippen molar-refractivity contribution in [1.29, 1.82) is 0 Å². The third kappa shape index (κ3) is 6.26. The summed E-state index contributed by atoms with van der Waals surface area (Å²) >= 11 is 12.2. The summed E-state index contributed by atoms with van der Waals surface area (Å²) in [5.74, 6) is -2.37. The molecular formula is C30H33Cl2F2N3O3. The van der Waals surface area contributed by atoms with E-state index >= 15 is 8.78 Å². The van der Waals surface area contributed by atoms with Gasteiger partial charge in [-0.25, -0.2) is 8.78 Å². The van der Waals surface area contributed by atoms with Gasteiger partial charge in [-0.3, -0.25) is 4.79 Å². The number of rotatable bonds is 8. The molecule has 0 spiro atoms. The number of hydrogen-bond acceptors (Lipinski definition) is 5. The maximum Gasteiger partial charge on any atom is 0.242 e. The summed E-state index contributed by atoms with van der Waals surface area (Å²) in [6.07, 6.45) is 0.449. The predicted octanol–water partition coefficient (Wildman–Crippen LogP) is 6.00. The maximum atomic E-state index is 15.7. The van der Waals surface area contributed by atoms with E-state index in [9.17, 15) is 4.79 Å². The number of anilines is 1. The van der Waals surface area contributed by atoms with Crippen LogP contribution in [0.1, 0.15) is 44.2 Å². The number of hydrogen-bond donors (Lipinski definition) is 4. The first-order valence-corrected chi connectivity index (χ1v) is 13.7. The van der Waals surface area contributed by atoms with Crippen LogP contribution in [-0.4, -0.2) is 36.3 Å². The van der Waals surface area contributed by atoms with E-state index in [1.165, 1.54) is 30.3 Å². The largest absolute Gasteiger partial charge is 0.491 e. The zero-order valence-electron chi connectivity index (χ0n) is 22.5. The minimum atomic E-state index is -1.56. The lowest BCUT2D eigenvalue weighted by Gasteiger charge is -2.40. The van der Waals surface area contributed by atoms with Crippen LogP contribution in [-0.2, 0) is 10.3 Å². The zero-order chi connectivity index (χ0) is 29.2. The summed E-state index contributed by atoms with van der Waals surface area (Å²) in [6.45, 7) is 6.04. The molecule has 4 unspecified atom stereocenters. The topological polar surface area (TPSA) is 96.6 Å². The molecule has 1 aliphatic rings. The Morgan fingerprint density at radius 1 is 1.12 bits per heavy atom. The van der Waals surface area contributed by atoms with Gasteiger partial charge < -0.3 is 26.2 Å². The molecule has 214 valence electrons. The van der Waals surface area contributed by atoms with Gasteiger partial charge in [-0.15, -0.1) is 0 Å². The van der Waals surface area contributed by atoms with E-state index in [0.29, 0.717) is 17.9 Å². The molecule has 4 atom stereocenters. The van der Waals surface area contributed by atoms with Crippen LogP contribution in [0.25, 0.3) is 0 Å². The molecule has 1 heterocycles. The Bertz CT molecular complexity index is 1370. The van der Waals surface area contributed by atoms with E-state index in [0.717, 1.165) is 0 Å². The highest BCUT2D eigenvalue weighted by atomic mass is 35.5. The molecule has 0 saturated carbocycles. The molecule has 4 rings (SSSR count). The normalized spacial score (nSPS) is 22.8. The Morgan fingerprint density at radius 3 is 2.45 bits per heavy atom. The molecule has 10 heteroatoms. The standard InChI is InChI=1S/C30H33Cl2F2N3O3/c1-29(2,3)16-24-30(35,21-12-7-17(31)15-23(21)33)25(20-5-4-6-22(32)26(20)34)27(37-24)28(39)36-18-8-10-19(11-9-18)40-14-13-38/h4-12,15,24-25,27,37-38H,13-14,16,35H2,1-3H3,(H,36,39). The first-order chi connectivity index (χ1) is 18.8. The minimum absolute atomic E-state index is 0.0983. The fraction of sp³-hybridized carbons (Fsp3) is 0.367. The zero-order valence-corrected chi connectivity index (χ0v) is 24.0. The number of halogens is 4. The van der Waals surface area contributed by atoms with Crippen molar-refractivity contribution < 1.29 is 23.4 Å². The van der Waals surface area contributed by atoms with E-state index in [4.69, 9.17) is 38.8 Å². The van der Waals surface area contributed by atoms with Crippen molar-refractivity contribution in [3.05, 3.63) is 93.5 Å². The average Bonchev–Trinajstić information content (AvgIpc) is 3.16. The second-order valence-corrected chi connectivity index (χ2v) is 12.1. The Kier molecular flexibility index (Phi) is 9.07. The number of ether oxygens (including phenoxy) is 1. The lowest BCUT2D eigenvalue weighted by atomic mass is 9.68. The number of carbonyl (C=O) groups excluding carboxylic acids is 1. The third-order valence-electron chi connectivity index (χ3n) is 7.10. The van der Waals surface area contributed by atoms with E-state index in [-0.39, 0.29) is 39.8 Å². The lowest BCUT2D eigenvalue weighted by molar-refractivity contribution is -0.118. The number of carbonyl (C=O) groups is 1. The van der Waals surface area contributed by atoms with Crippen molar-refractivity contribution in [3.8, 4) is 5.75 Å². The molecule has 1 amide bonds. The Labute approximate surface area is 242 Å². The van der Waals surface area contributed by atoms with E-state index in [1.807, 2.05) is 20.8 Å². The first-order valence-electron chi connectivity index (χ1n) is 12.9. The Hall–Kier alpha value is -2.75. The summed E-state index contributed by atoms with van der Waals surface area (Å²) in [5.41, 5.74) is 6.03. The maximum absolute atomic E-state index is 15.7. The van der Waals surface area contributed by atoms with Crippen LogP contribution in [0.5, 0.6) is 5.75 Å². The van der Waals surface area contributed by atoms with Gasteiger partial charge in [0.25, 0.3) is 0 Å². The molecule has 40 heavy (non-hydrogen) atoms. The molecule has 1 saturated heterocycles. The fourth-order valence-electron chi connectivity index (χ4n) is 5.42. The highest BCUT2D eigenvalue weighted by Gasteiger charge is 2.58. The van der Waals surface area contributed by atoms with Crippen LogP contribution in [0, 0.1) is 17.0 Å². The van der Waals surface area contributed by atoms with Crippen molar-refractivity contribution in [2.24, 2.45) is 11.1 Å². The van der Waals surface area contributed by atoms with Crippen molar-refractivity contribution in [3.63, 3.8) is 0 Å². The fourth-order valence-corrected chi connectivity index (χ4v) is 5.76. The van der Waals surface area contributed by atoms with E-state index < -0.39 is 41.1 Å². The number of aliphatic hydroxyl groups is 1. The molecule has 0 aliphatic carbocycles. The third-order valence-corrected chi connectivity index (χ3v) is 7.63. The Morgan fingerprint density at radius 2 is 1.82 bits per heavy atom. The summed E-state index contributed by atoms with van der Waals surface area (Å²) < 4.78 is 36.6. The molecule has 0 bridgehead atoms. The molecular weight excluding hydrogens is 559 g/mol. The Balaban J connectivity index is 1.82. The molecule has 3 aromatic carbocycles. The predicted molar refractivity (Wildman–Crippen MR) is 154 cm³/mol. The van der Waals surface area contributed by atoms with Gasteiger partial charge in [-0.05, 0) is 59.9 Å². The highest BCUT2D eigenvalue weighted by Crippen LogP contribution is 2.50. The molecule has 3 aromatic rings. The number of nitrogens with one attached hydrogen (secondary N) is 2. The number of benzene rings is 3. The van der Waals surface area contributed by atoms with Gasteiger partial charge in [0.05, 0.1) is 23.2 Å². The SMILES string of the molecule is CC(C)(C)CC1NC(C(=O)Nc2ccc(OCCO)cc2)C(c2cccc(Cl)c2F)C1(N)c1ccc(Cl)cc1F. The summed E-state index contributed by atoms with van der Waals surface area (Å²) in [4.78, 5) is 13.9. The van der Waals surface area contributed by atoms with Crippen molar-refractivity contribution in [2.45, 2.75) is 50.7 Å². The quantitative estimate of drug-likeness (QED) is 0.258. The van der Waals surface area contributed by atoms with Gasteiger partial charge >= 0.3 is 0 Å². The van der Waals surface area contributed by atoms with E-state index in [1.54, 1.807) is 30.3 Å². The van der Waals surface area contributed by atoms with Crippen molar-refractivity contribution >= 4 is 34.8 Å². The molecule has 0 aromatic heterocycles.